The van der Waals surface area contributed by atoms with Crippen molar-refractivity contribution >= 4 is 5.91 Å². The lowest BCUT2D eigenvalue weighted by Crippen LogP contribution is -2.49. The maximum atomic E-state index is 12.8. The van der Waals surface area contributed by atoms with Gasteiger partial charge in [0.1, 0.15) is 11.4 Å². The number of H-pyrrole nitrogens is 1. The number of aryl methyl sites for hydroxylation is 1. The minimum absolute atomic E-state index is 0.0161. The van der Waals surface area contributed by atoms with Gasteiger partial charge in [-0.3, -0.25) is 9.59 Å². The van der Waals surface area contributed by atoms with E-state index in [4.69, 9.17) is 4.74 Å². The predicted molar refractivity (Wildman–Crippen MR) is 95.6 cm³/mol. The van der Waals surface area contributed by atoms with Gasteiger partial charge in [-0.15, -0.1) is 0 Å². The van der Waals surface area contributed by atoms with Gasteiger partial charge < -0.3 is 14.6 Å². The number of amides is 1. The highest BCUT2D eigenvalue weighted by molar-refractivity contribution is 5.94. The zero-order chi connectivity index (χ0) is 17.8. The van der Waals surface area contributed by atoms with Crippen LogP contribution in [0.5, 0.6) is 0 Å². The van der Waals surface area contributed by atoms with Crippen LogP contribution in [0, 0.1) is 6.92 Å². The molecule has 1 saturated heterocycles. The van der Waals surface area contributed by atoms with E-state index in [-0.39, 0.29) is 17.5 Å². The van der Waals surface area contributed by atoms with Crippen LogP contribution in [0.2, 0.25) is 0 Å². The van der Waals surface area contributed by atoms with E-state index < -0.39 is 5.56 Å². The van der Waals surface area contributed by atoms with Gasteiger partial charge in [-0.05, 0) is 13.3 Å². The van der Waals surface area contributed by atoms with Crippen molar-refractivity contribution in [2.75, 3.05) is 19.8 Å². The molecule has 0 radical (unpaired) electrons. The van der Waals surface area contributed by atoms with Gasteiger partial charge in [0.15, 0.2) is 0 Å². The third-order valence-electron chi connectivity index (χ3n) is 4.47. The first-order chi connectivity index (χ1) is 12.1. The zero-order valence-corrected chi connectivity index (χ0v) is 14.6. The maximum Gasteiger partial charge on any atom is 0.264 e. The molecule has 2 heterocycles. The molecule has 1 aromatic carbocycles. The van der Waals surface area contributed by atoms with E-state index in [1.54, 1.807) is 4.90 Å². The molecule has 0 spiro atoms. The molecule has 1 aromatic heterocycles. The predicted octanol–water partition coefficient (Wildman–Crippen LogP) is 2.39. The lowest BCUT2D eigenvalue weighted by atomic mass is 10.1. The Balaban J connectivity index is 1.86. The molecule has 1 unspecified atom stereocenters. The molecule has 25 heavy (non-hydrogen) atoms. The fourth-order valence-electron chi connectivity index (χ4n) is 3.05. The highest BCUT2D eigenvalue weighted by Gasteiger charge is 2.29. The second kappa shape index (κ2) is 7.61. The third kappa shape index (κ3) is 3.79. The second-order valence-electron chi connectivity index (χ2n) is 6.36. The molecule has 1 aliphatic heterocycles. The number of ether oxygens (including phenoxy) is 1. The summed E-state index contributed by atoms with van der Waals surface area (Å²) in [5.74, 6) is 0.194. The van der Waals surface area contributed by atoms with Crippen LogP contribution in [-0.2, 0) is 4.74 Å². The maximum absolute atomic E-state index is 12.8. The fourth-order valence-corrected chi connectivity index (χ4v) is 3.05. The van der Waals surface area contributed by atoms with E-state index >= 15 is 0 Å². The number of carbonyl (C=O) groups is 1. The quantitative estimate of drug-likeness (QED) is 0.926. The third-order valence-corrected chi connectivity index (χ3v) is 4.47. The highest BCUT2D eigenvalue weighted by atomic mass is 16.5. The van der Waals surface area contributed by atoms with E-state index in [9.17, 15) is 9.59 Å². The molecule has 0 aliphatic carbocycles. The van der Waals surface area contributed by atoms with Gasteiger partial charge in [0.25, 0.3) is 11.5 Å². The van der Waals surface area contributed by atoms with Gasteiger partial charge >= 0.3 is 0 Å². The van der Waals surface area contributed by atoms with E-state index in [0.717, 1.165) is 24.0 Å². The largest absolute Gasteiger partial charge is 0.377 e. The van der Waals surface area contributed by atoms with E-state index in [1.165, 1.54) is 6.20 Å². The van der Waals surface area contributed by atoms with Crippen LogP contribution in [0.25, 0.3) is 11.4 Å². The Morgan fingerprint density at radius 3 is 2.80 bits per heavy atom. The van der Waals surface area contributed by atoms with Crippen LogP contribution >= 0.6 is 0 Å². The Bertz CT molecular complexity index is 796. The summed E-state index contributed by atoms with van der Waals surface area (Å²) in [6, 6.07) is 7.72. The minimum atomic E-state index is -0.405. The van der Waals surface area contributed by atoms with Crippen LogP contribution in [-0.4, -0.2) is 46.6 Å². The van der Waals surface area contributed by atoms with Gasteiger partial charge in [0.05, 0.1) is 19.3 Å². The number of rotatable bonds is 4. The Labute approximate surface area is 146 Å². The average Bonchev–Trinajstić information content (AvgIpc) is 2.62. The van der Waals surface area contributed by atoms with Crippen molar-refractivity contribution in [1.82, 2.24) is 14.9 Å². The summed E-state index contributed by atoms with van der Waals surface area (Å²) in [4.78, 5) is 34.0. The van der Waals surface area contributed by atoms with Crippen LogP contribution in [0.3, 0.4) is 0 Å². The van der Waals surface area contributed by atoms with E-state index in [2.05, 4.69) is 16.9 Å². The smallest absolute Gasteiger partial charge is 0.264 e. The van der Waals surface area contributed by atoms with Gasteiger partial charge in [-0.25, -0.2) is 4.98 Å². The minimum Gasteiger partial charge on any atom is -0.377 e. The molecule has 6 heteroatoms. The number of benzene rings is 1. The molecule has 1 fully saturated rings. The van der Waals surface area contributed by atoms with Crippen molar-refractivity contribution in [3.8, 4) is 11.4 Å². The molecule has 0 saturated carbocycles. The van der Waals surface area contributed by atoms with Gasteiger partial charge in [-0.2, -0.15) is 0 Å². The van der Waals surface area contributed by atoms with E-state index in [1.807, 2.05) is 31.2 Å². The number of nitrogens with zero attached hydrogens (tertiary/aromatic N) is 2. The monoisotopic (exact) mass is 341 g/mol. The topological polar surface area (TPSA) is 75.3 Å². The standard InChI is InChI=1S/C19H23N3O3/c1-3-4-15-12-25-10-9-22(15)19(24)16-11-20-17(21-18(16)23)14-7-5-13(2)6-8-14/h5-8,11,15H,3-4,9-10,12H2,1-2H3,(H,20,21,23). The first-order valence-electron chi connectivity index (χ1n) is 8.65. The highest BCUT2D eigenvalue weighted by Crippen LogP contribution is 2.17. The summed E-state index contributed by atoms with van der Waals surface area (Å²) in [6.07, 6.45) is 3.20. The average molecular weight is 341 g/mol. The van der Waals surface area contributed by atoms with Crippen molar-refractivity contribution in [3.63, 3.8) is 0 Å². The molecule has 1 amide bonds. The summed E-state index contributed by atoms with van der Waals surface area (Å²) < 4.78 is 5.47. The lowest BCUT2D eigenvalue weighted by Gasteiger charge is -2.35. The van der Waals surface area contributed by atoms with E-state index in [0.29, 0.717) is 25.6 Å². The molecule has 1 aliphatic rings. The van der Waals surface area contributed by atoms with Crippen molar-refractivity contribution in [2.45, 2.75) is 32.7 Å². The normalized spacial score (nSPS) is 17.5. The first kappa shape index (κ1) is 17.4. The molecular weight excluding hydrogens is 318 g/mol. The molecule has 1 N–H and O–H groups in total. The summed E-state index contributed by atoms with van der Waals surface area (Å²) in [6.45, 7) is 5.59. The molecule has 6 nitrogen and oxygen atoms in total. The molecule has 132 valence electrons. The first-order valence-corrected chi connectivity index (χ1v) is 8.65. The van der Waals surface area contributed by atoms with Crippen molar-refractivity contribution in [2.24, 2.45) is 0 Å². The lowest BCUT2D eigenvalue weighted by molar-refractivity contribution is -0.00445. The van der Waals surface area contributed by atoms with Crippen molar-refractivity contribution < 1.29 is 9.53 Å². The molecular formula is C19H23N3O3. The molecule has 2 aromatic rings. The second-order valence-corrected chi connectivity index (χ2v) is 6.36. The van der Waals surface area contributed by atoms with Crippen molar-refractivity contribution in [3.05, 3.63) is 51.9 Å². The van der Waals surface area contributed by atoms with Gasteiger partial charge in [-0.1, -0.05) is 43.2 Å². The number of carbonyl (C=O) groups excluding carboxylic acids is 1. The van der Waals surface area contributed by atoms with Crippen LogP contribution in [0.4, 0.5) is 0 Å². The SMILES string of the molecule is CCCC1COCCN1C(=O)c1cnc(-c2ccc(C)cc2)[nH]c1=O. The number of morpholine rings is 1. The van der Waals surface area contributed by atoms with Crippen molar-refractivity contribution in [1.29, 1.82) is 0 Å². The van der Waals surface area contributed by atoms with Gasteiger partial charge in [0.2, 0.25) is 0 Å². The molecule has 1 atom stereocenters. The number of hydrogen-bond donors (Lipinski definition) is 1. The zero-order valence-electron chi connectivity index (χ0n) is 14.6. The molecule has 0 bridgehead atoms. The van der Waals surface area contributed by atoms with Crippen LogP contribution in [0.15, 0.2) is 35.3 Å². The molecule has 3 rings (SSSR count). The Hall–Kier alpha value is -2.47. The van der Waals surface area contributed by atoms with Gasteiger partial charge in [0, 0.05) is 18.3 Å². The summed E-state index contributed by atoms with van der Waals surface area (Å²) >= 11 is 0. The summed E-state index contributed by atoms with van der Waals surface area (Å²) in [7, 11) is 0. The number of aromatic nitrogens is 2. The summed E-state index contributed by atoms with van der Waals surface area (Å²) in [5, 5.41) is 0. The van der Waals surface area contributed by atoms with Crippen LogP contribution < -0.4 is 5.56 Å². The Kier molecular flexibility index (Phi) is 5.28. The van der Waals surface area contributed by atoms with Crippen LogP contribution in [0.1, 0.15) is 35.7 Å². The Morgan fingerprint density at radius 2 is 2.12 bits per heavy atom. The Morgan fingerprint density at radius 1 is 1.36 bits per heavy atom. The number of hydrogen-bond acceptors (Lipinski definition) is 4. The fraction of sp³-hybridized carbons (Fsp3) is 0.421. The number of nitrogens with one attached hydrogen (secondary N) is 1. The summed E-state index contributed by atoms with van der Waals surface area (Å²) in [5.41, 5.74) is 1.63. The number of aromatic amines is 1.